The summed E-state index contributed by atoms with van der Waals surface area (Å²) >= 11 is 0. The number of fused-ring (bicyclic) bond motifs is 1. The first-order chi connectivity index (χ1) is 15.1. The fourth-order valence-corrected chi connectivity index (χ4v) is 3.35. The molecule has 0 spiro atoms. The van der Waals surface area contributed by atoms with Crippen LogP contribution in [0.5, 0.6) is 11.5 Å². The maximum atomic E-state index is 12.7. The molecule has 0 saturated heterocycles. The lowest BCUT2D eigenvalue weighted by Crippen LogP contribution is -2.34. The fraction of sp³-hybridized carbons (Fsp3) is 0.167. The van der Waals surface area contributed by atoms with Crippen molar-refractivity contribution in [1.29, 1.82) is 0 Å². The summed E-state index contributed by atoms with van der Waals surface area (Å²) in [6.45, 7) is 0. The Bertz CT molecular complexity index is 1120. The minimum atomic E-state index is -0.348. The zero-order valence-electron chi connectivity index (χ0n) is 17.4. The van der Waals surface area contributed by atoms with E-state index in [1.165, 1.54) is 0 Å². The van der Waals surface area contributed by atoms with Crippen LogP contribution in [0, 0.1) is 0 Å². The van der Waals surface area contributed by atoms with Crippen molar-refractivity contribution >= 4 is 22.8 Å². The van der Waals surface area contributed by atoms with Crippen molar-refractivity contribution in [3.8, 4) is 11.5 Å². The molecule has 0 aliphatic heterocycles. The summed E-state index contributed by atoms with van der Waals surface area (Å²) in [6.07, 6.45) is 0.569. The number of carbonyl (C=O) groups excluding carboxylic acids is 1. The summed E-state index contributed by atoms with van der Waals surface area (Å²) < 4.78 is 10.4. The minimum Gasteiger partial charge on any atom is -0.497 e. The zero-order valence-corrected chi connectivity index (χ0v) is 17.4. The molecular formula is C24H24N4O3. The highest BCUT2D eigenvalue weighted by Gasteiger charge is 2.19. The number of para-hydroxylation sites is 2. The molecule has 1 aromatic heterocycles. The van der Waals surface area contributed by atoms with Crippen LogP contribution in [0.1, 0.15) is 17.4 Å². The molecule has 1 heterocycles. The van der Waals surface area contributed by atoms with Gasteiger partial charge in [0.25, 0.3) is 0 Å². The molecule has 4 rings (SSSR count). The number of aromatic nitrogens is 2. The smallest absolute Gasteiger partial charge is 0.319 e. The number of imidazole rings is 1. The van der Waals surface area contributed by atoms with Crippen molar-refractivity contribution in [2.45, 2.75) is 12.5 Å². The summed E-state index contributed by atoms with van der Waals surface area (Å²) in [5, 5.41) is 5.91. The van der Waals surface area contributed by atoms with Crippen molar-refractivity contribution in [1.82, 2.24) is 15.3 Å². The number of benzene rings is 3. The first kappa shape index (κ1) is 20.3. The van der Waals surface area contributed by atoms with Gasteiger partial charge >= 0.3 is 6.03 Å². The first-order valence-corrected chi connectivity index (χ1v) is 9.94. The Morgan fingerprint density at radius 1 is 0.935 bits per heavy atom. The predicted molar refractivity (Wildman–Crippen MR) is 121 cm³/mol. The van der Waals surface area contributed by atoms with Gasteiger partial charge in [0.05, 0.1) is 31.3 Å². The van der Waals surface area contributed by atoms with E-state index in [9.17, 15) is 4.79 Å². The first-order valence-electron chi connectivity index (χ1n) is 9.94. The van der Waals surface area contributed by atoms with Gasteiger partial charge in [-0.05, 0) is 60.5 Å². The molecule has 158 valence electrons. The van der Waals surface area contributed by atoms with Crippen LogP contribution in [0.2, 0.25) is 0 Å². The number of hydrogen-bond donors (Lipinski definition) is 3. The number of urea groups is 1. The van der Waals surface area contributed by atoms with Crippen LogP contribution >= 0.6 is 0 Å². The van der Waals surface area contributed by atoms with Gasteiger partial charge in [-0.3, -0.25) is 0 Å². The molecule has 0 bridgehead atoms. The Morgan fingerprint density at radius 3 is 2.23 bits per heavy atom. The third kappa shape index (κ3) is 4.95. The van der Waals surface area contributed by atoms with E-state index in [4.69, 9.17) is 9.47 Å². The lowest BCUT2D eigenvalue weighted by Gasteiger charge is -2.18. The number of H-pyrrole nitrogens is 1. The summed E-state index contributed by atoms with van der Waals surface area (Å²) in [6, 6.07) is 22.1. The third-order valence-corrected chi connectivity index (χ3v) is 4.99. The highest BCUT2D eigenvalue weighted by atomic mass is 16.5. The normalized spacial score (nSPS) is 11.7. The van der Waals surface area contributed by atoms with Crippen molar-refractivity contribution in [2.24, 2.45) is 0 Å². The summed E-state index contributed by atoms with van der Waals surface area (Å²) in [7, 11) is 3.24. The molecule has 0 unspecified atom stereocenters. The summed E-state index contributed by atoms with van der Waals surface area (Å²) in [5.74, 6) is 2.21. The van der Waals surface area contributed by atoms with Crippen molar-refractivity contribution < 1.29 is 14.3 Å². The maximum Gasteiger partial charge on any atom is 0.319 e. The molecule has 31 heavy (non-hydrogen) atoms. The summed E-state index contributed by atoms with van der Waals surface area (Å²) in [5.41, 5.74) is 3.51. The van der Waals surface area contributed by atoms with Crippen LogP contribution in [0.15, 0.2) is 72.8 Å². The van der Waals surface area contributed by atoms with Crippen molar-refractivity contribution in [3.63, 3.8) is 0 Å². The highest BCUT2D eigenvalue weighted by Crippen LogP contribution is 2.22. The number of methoxy groups -OCH3 is 2. The molecule has 3 aromatic carbocycles. The number of amides is 2. The van der Waals surface area contributed by atoms with Gasteiger partial charge in [-0.1, -0.05) is 24.3 Å². The van der Waals surface area contributed by atoms with Gasteiger partial charge in [0.2, 0.25) is 0 Å². The number of nitrogens with one attached hydrogen (secondary N) is 3. The molecular weight excluding hydrogens is 392 g/mol. The monoisotopic (exact) mass is 416 g/mol. The Hall–Kier alpha value is -4.00. The van der Waals surface area contributed by atoms with Crippen LogP contribution < -0.4 is 20.1 Å². The number of nitrogens with zero attached hydrogens (tertiary/aromatic N) is 1. The van der Waals surface area contributed by atoms with Gasteiger partial charge in [0.15, 0.2) is 0 Å². The van der Waals surface area contributed by atoms with Crippen LogP contribution in [-0.4, -0.2) is 30.2 Å². The number of ether oxygens (including phenoxy) is 2. The van der Waals surface area contributed by atoms with Gasteiger partial charge in [-0.2, -0.15) is 0 Å². The molecule has 0 fully saturated rings. The molecule has 2 amide bonds. The lowest BCUT2D eigenvalue weighted by atomic mass is 10.1. The van der Waals surface area contributed by atoms with Gasteiger partial charge in [-0.15, -0.1) is 0 Å². The van der Waals surface area contributed by atoms with E-state index in [-0.39, 0.29) is 12.1 Å². The van der Waals surface area contributed by atoms with E-state index in [0.717, 1.165) is 28.1 Å². The average Bonchev–Trinajstić information content (AvgIpc) is 3.24. The van der Waals surface area contributed by atoms with Gasteiger partial charge < -0.3 is 25.1 Å². The van der Waals surface area contributed by atoms with E-state index >= 15 is 0 Å². The van der Waals surface area contributed by atoms with Crippen LogP contribution in [0.25, 0.3) is 11.0 Å². The molecule has 7 heteroatoms. The second-order valence-electron chi connectivity index (χ2n) is 7.07. The van der Waals surface area contributed by atoms with Crippen LogP contribution in [0.4, 0.5) is 10.5 Å². The summed E-state index contributed by atoms with van der Waals surface area (Å²) in [4.78, 5) is 20.8. The second-order valence-corrected chi connectivity index (χ2v) is 7.07. The SMILES string of the molecule is COc1ccc(C[C@@H](NC(=O)Nc2ccc(OC)cc2)c2nc3ccccc3[nH]2)cc1. The van der Waals surface area contributed by atoms with E-state index in [1.807, 2.05) is 48.5 Å². The Morgan fingerprint density at radius 2 is 1.58 bits per heavy atom. The second kappa shape index (κ2) is 9.21. The lowest BCUT2D eigenvalue weighted by molar-refractivity contribution is 0.248. The molecule has 0 aliphatic carbocycles. The molecule has 3 N–H and O–H groups in total. The molecule has 1 atom stereocenters. The Kier molecular flexibility index (Phi) is 6.03. The van der Waals surface area contributed by atoms with E-state index < -0.39 is 0 Å². The number of anilines is 1. The zero-order chi connectivity index (χ0) is 21.6. The maximum absolute atomic E-state index is 12.7. The van der Waals surface area contributed by atoms with Crippen molar-refractivity contribution in [3.05, 3.63) is 84.2 Å². The quantitative estimate of drug-likeness (QED) is 0.408. The van der Waals surface area contributed by atoms with E-state index in [0.29, 0.717) is 17.9 Å². The minimum absolute atomic E-state index is 0.316. The Labute approximate surface area is 180 Å². The molecule has 7 nitrogen and oxygen atoms in total. The number of aromatic amines is 1. The number of carbonyl (C=O) groups is 1. The third-order valence-electron chi connectivity index (χ3n) is 4.99. The topological polar surface area (TPSA) is 88.3 Å². The van der Waals surface area contributed by atoms with E-state index in [1.54, 1.807) is 38.5 Å². The largest absolute Gasteiger partial charge is 0.497 e. The standard InChI is InChI=1S/C24H24N4O3/c1-30-18-11-7-16(8-12-18)15-22(23-26-20-5-3-4-6-21(20)27-23)28-24(29)25-17-9-13-19(31-2)14-10-17/h3-14,22H,15H2,1-2H3,(H,26,27)(H2,25,28,29)/t22-/m1/s1. The number of hydrogen-bond acceptors (Lipinski definition) is 4. The highest BCUT2D eigenvalue weighted by molar-refractivity contribution is 5.89. The van der Waals surface area contributed by atoms with Gasteiger partial charge in [0.1, 0.15) is 17.3 Å². The Balaban J connectivity index is 1.55. The van der Waals surface area contributed by atoms with E-state index in [2.05, 4.69) is 20.6 Å². The molecule has 4 aromatic rings. The van der Waals surface area contributed by atoms with Gasteiger partial charge in [0, 0.05) is 5.69 Å². The fourth-order valence-electron chi connectivity index (χ4n) is 3.35. The molecule has 0 saturated carbocycles. The van der Waals surface area contributed by atoms with Crippen LogP contribution in [0.3, 0.4) is 0 Å². The number of rotatable bonds is 7. The van der Waals surface area contributed by atoms with Gasteiger partial charge in [-0.25, -0.2) is 9.78 Å². The molecule has 0 radical (unpaired) electrons. The van der Waals surface area contributed by atoms with Crippen molar-refractivity contribution in [2.75, 3.05) is 19.5 Å². The van der Waals surface area contributed by atoms with Crippen LogP contribution in [-0.2, 0) is 6.42 Å². The predicted octanol–water partition coefficient (Wildman–Crippen LogP) is 4.69. The molecule has 0 aliphatic rings. The average molecular weight is 416 g/mol.